The second kappa shape index (κ2) is 8.53. The van der Waals surface area contributed by atoms with Crippen molar-refractivity contribution >= 4 is 29.4 Å². The summed E-state index contributed by atoms with van der Waals surface area (Å²) in [7, 11) is 0. The van der Waals surface area contributed by atoms with E-state index in [1.807, 2.05) is 0 Å². The van der Waals surface area contributed by atoms with Crippen molar-refractivity contribution in [1.29, 1.82) is 0 Å². The molecule has 0 saturated carbocycles. The molecule has 1 fully saturated rings. The number of esters is 2. The van der Waals surface area contributed by atoms with Gasteiger partial charge in [0.25, 0.3) is 5.54 Å². The summed E-state index contributed by atoms with van der Waals surface area (Å²) >= 11 is 0. The third kappa shape index (κ3) is 3.60. The maximum Gasteiger partial charge on any atom is 0.423 e. The topological polar surface area (TPSA) is 122 Å². The molecule has 1 aliphatic heterocycles. The third-order valence-corrected chi connectivity index (χ3v) is 4.75. The molecule has 12 heteroatoms. The Morgan fingerprint density at radius 3 is 1.97 bits per heavy atom. The third-order valence-electron chi connectivity index (χ3n) is 4.75. The quantitative estimate of drug-likeness (QED) is 0.487. The van der Waals surface area contributed by atoms with E-state index in [-0.39, 0.29) is 5.69 Å². The number of hydrogen-bond acceptors (Lipinski definition) is 7. The lowest BCUT2D eigenvalue weighted by Gasteiger charge is -2.42. The fourth-order valence-electron chi connectivity index (χ4n) is 3.49. The molecule has 170 valence electrons. The van der Waals surface area contributed by atoms with Gasteiger partial charge in [-0.2, -0.15) is 13.2 Å². The van der Waals surface area contributed by atoms with E-state index in [0.29, 0.717) is 4.90 Å². The van der Waals surface area contributed by atoms with Gasteiger partial charge in [0.1, 0.15) is 0 Å². The van der Waals surface area contributed by atoms with E-state index in [1.165, 1.54) is 44.2 Å². The van der Waals surface area contributed by atoms with Crippen LogP contribution in [0.4, 0.5) is 18.9 Å². The van der Waals surface area contributed by atoms with Crippen LogP contribution in [0.2, 0.25) is 0 Å². The van der Waals surface area contributed by atoms with Crippen LogP contribution in [0.5, 0.6) is 0 Å². The molecule has 2 rings (SSSR count). The highest BCUT2D eigenvalue weighted by atomic mass is 19.4. The van der Waals surface area contributed by atoms with Crippen molar-refractivity contribution in [1.82, 2.24) is 5.32 Å². The van der Waals surface area contributed by atoms with E-state index in [1.54, 1.807) is 5.32 Å². The fourth-order valence-corrected chi connectivity index (χ4v) is 3.49. The van der Waals surface area contributed by atoms with Crippen LogP contribution in [0, 0.1) is 0 Å². The monoisotopic (exact) mass is 446 g/mol. The number of nitrogens with zero attached hydrogens (tertiary/aromatic N) is 1. The summed E-state index contributed by atoms with van der Waals surface area (Å²) in [5.74, 6) is -6.40. The molecule has 1 aromatic carbocycles. The number of nitrogens with one attached hydrogen (secondary N) is 1. The van der Waals surface area contributed by atoms with Crippen molar-refractivity contribution in [3.05, 3.63) is 30.3 Å². The Labute approximate surface area is 175 Å². The molecule has 2 atom stereocenters. The van der Waals surface area contributed by atoms with Crippen molar-refractivity contribution in [3.8, 4) is 0 Å². The molecule has 2 unspecified atom stereocenters. The molecule has 9 nitrogen and oxygen atoms in total. The number of aliphatic hydroxyl groups is 1. The first kappa shape index (κ1) is 24.1. The summed E-state index contributed by atoms with van der Waals surface area (Å²) in [5, 5.41) is 12.7. The summed E-state index contributed by atoms with van der Waals surface area (Å²) in [6.45, 7) is 2.44. The summed E-state index contributed by atoms with van der Waals surface area (Å²) in [5.41, 5.74) is -8.29. The Kier molecular flexibility index (Phi) is 6.64. The molecule has 31 heavy (non-hydrogen) atoms. The van der Waals surface area contributed by atoms with Gasteiger partial charge in [-0.15, -0.1) is 0 Å². The fraction of sp³-hybridized carbons (Fsp3) is 0.474. The van der Waals surface area contributed by atoms with E-state index >= 15 is 0 Å². The predicted molar refractivity (Wildman–Crippen MR) is 98.5 cm³/mol. The molecule has 2 amide bonds. The summed E-state index contributed by atoms with van der Waals surface area (Å²) in [4.78, 5) is 50.8. The Morgan fingerprint density at radius 1 is 1.10 bits per heavy atom. The predicted octanol–water partition coefficient (Wildman–Crippen LogP) is 0.696. The number of anilines is 1. The van der Waals surface area contributed by atoms with Crippen molar-refractivity contribution in [3.63, 3.8) is 0 Å². The number of alkyl halides is 3. The zero-order valence-electron chi connectivity index (χ0n) is 16.9. The smallest absolute Gasteiger partial charge is 0.423 e. The highest BCUT2D eigenvalue weighted by Gasteiger charge is 2.84. The standard InChI is InChI=1S/C19H21F3N2O7/c1-4-30-15(27)17(16(28)31-5-2)18(29,19(20,21)22)13(14(26)23-17)24(11(3)25)12-9-7-6-8-10-12/h6-10,13,29H,4-5H2,1-3H3,(H,23,26). The van der Waals surface area contributed by atoms with Crippen LogP contribution in [0.1, 0.15) is 20.8 Å². The number of amides is 2. The first-order valence-electron chi connectivity index (χ1n) is 9.20. The molecule has 2 N–H and O–H groups in total. The van der Waals surface area contributed by atoms with Crippen LogP contribution in [0.15, 0.2) is 30.3 Å². The molecule has 1 heterocycles. The number of halogens is 3. The van der Waals surface area contributed by atoms with E-state index in [2.05, 4.69) is 9.47 Å². The van der Waals surface area contributed by atoms with Gasteiger partial charge >= 0.3 is 18.1 Å². The first-order valence-corrected chi connectivity index (χ1v) is 9.20. The number of para-hydroxylation sites is 1. The van der Waals surface area contributed by atoms with Crippen LogP contribution in [-0.4, -0.2) is 65.4 Å². The summed E-state index contributed by atoms with van der Waals surface area (Å²) < 4.78 is 52.4. The molecule has 1 saturated heterocycles. The van der Waals surface area contributed by atoms with Gasteiger partial charge in [-0.3, -0.25) is 14.5 Å². The molecule has 0 aromatic heterocycles. The van der Waals surface area contributed by atoms with Gasteiger partial charge in [-0.1, -0.05) is 18.2 Å². The maximum absolute atomic E-state index is 14.4. The lowest BCUT2D eigenvalue weighted by molar-refractivity contribution is -0.282. The number of ether oxygens (including phenoxy) is 2. The molecule has 1 aromatic rings. The average Bonchev–Trinajstić information content (AvgIpc) is 2.93. The van der Waals surface area contributed by atoms with Crippen molar-refractivity contribution in [2.75, 3.05) is 18.1 Å². The van der Waals surface area contributed by atoms with E-state index < -0.39 is 60.3 Å². The normalized spacial score (nSPS) is 22.4. The van der Waals surface area contributed by atoms with E-state index in [9.17, 15) is 37.5 Å². The van der Waals surface area contributed by atoms with E-state index in [4.69, 9.17) is 0 Å². The second-order valence-corrected chi connectivity index (χ2v) is 6.57. The zero-order chi connectivity index (χ0) is 23.6. The molecular formula is C19H21F3N2O7. The highest BCUT2D eigenvalue weighted by molar-refractivity contribution is 6.16. The molecule has 0 radical (unpaired) electrons. The Morgan fingerprint density at radius 2 is 1.58 bits per heavy atom. The Hall–Kier alpha value is -3.15. The zero-order valence-corrected chi connectivity index (χ0v) is 16.9. The SMILES string of the molecule is CCOC(=O)C1(C(=O)OCC)NC(=O)C(N(C(C)=O)c2ccccc2)C1(O)C(F)(F)F. The summed E-state index contributed by atoms with van der Waals surface area (Å²) in [6, 6.07) is 3.99. The van der Waals surface area contributed by atoms with Crippen LogP contribution >= 0.6 is 0 Å². The molecule has 0 bridgehead atoms. The lowest BCUT2D eigenvalue weighted by atomic mass is 9.76. The lowest BCUT2D eigenvalue weighted by Crippen LogP contribution is -2.77. The van der Waals surface area contributed by atoms with Gasteiger partial charge in [0.2, 0.25) is 17.4 Å². The molecule has 1 aliphatic rings. The molecule has 0 spiro atoms. The Bertz CT molecular complexity index is 857. The minimum atomic E-state index is -5.77. The van der Waals surface area contributed by atoms with Crippen molar-refractivity contribution in [2.45, 2.75) is 44.1 Å². The molecule has 0 aliphatic carbocycles. The van der Waals surface area contributed by atoms with Gasteiger partial charge in [-0.25, -0.2) is 9.59 Å². The Balaban J connectivity index is 2.87. The van der Waals surface area contributed by atoms with E-state index in [0.717, 1.165) is 6.92 Å². The van der Waals surface area contributed by atoms with Crippen LogP contribution in [0.25, 0.3) is 0 Å². The highest BCUT2D eigenvalue weighted by Crippen LogP contribution is 2.48. The van der Waals surface area contributed by atoms with Gasteiger partial charge < -0.3 is 19.9 Å². The van der Waals surface area contributed by atoms with Gasteiger partial charge in [0.15, 0.2) is 6.04 Å². The van der Waals surface area contributed by atoms with Gasteiger partial charge in [0, 0.05) is 12.6 Å². The number of benzene rings is 1. The largest absolute Gasteiger partial charge is 0.464 e. The average molecular weight is 446 g/mol. The van der Waals surface area contributed by atoms with Crippen molar-refractivity contribution < 1.29 is 46.9 Å². The van der Waals surface area contributed by atoms with Crippen molar-refractivity contribution in [2.24, 2.45) is 0 Å². The maximum atomic E-state index is 14.4. The minimum Gasteiger partial charge on any atom is -0.464 e. The summed E-state index contributed by atoms with van der Waals surface area (Å²) in [6.07, 6.45) is -5.77. The first-order chi connectivity index (χ1) is 14.4. The van der Waals surface area contributed by atoms with Crippen LogP contribution in [-0.2, 0) is 28.7 Å². The molecular weight excluding hydrogens is 425 g/mol. The van der Waals surface area contributed by atoms with Crippen LogP contribution in [0.3, 0.4) is 0 Å². The second-order valence-electron chi connectivity index (χ2n) is 6.57. The number of carbonyl (C=O) groups excluding carboxylic acids is 4. The van der Waals surface area contributed by atoms with Gasteiger partial charge in [0.05, 0.1) is 13.2 Å². The number of rotatable bonds is 6. The number of hydrogen-bond donors (Lipinski definition) is 2. The number of carbonyl (C=O) groups is 4. The minimum absolute atomic E-state index is 0.179. The van der Waals surface area contributed by atoms with Crippen LogP contribution < -0.4 is 10.2 Å². The van der Waals surface area contributed by atoms with Gasteiger partial charge in [-0.05, 0) is 26.0 Å².